The Kier molecular flexibility index (Phi) is 18.2. The van der Waals surface area contributed by atoms with Gasteiger partial charge in [-0.05, 0) is 6.42 Å². The number of methoxy groups -OCH3 is 2. The maximum absolute atomic E-state index is 11.0. The van der Waals surface area contributed by atoms with Crippen molar-refractivity contribution in [1.29, 1.82) is 0 Å². The minimum Gasteiger partial charge on any atom is -0.469 e. The molecule has 0 rings (SSSR count). The van der Waals surface area contributed by atoms with Crippen molar-refractivity contribution in [2.24, 2.45) is 5.73 Å². The molecule has 0 bridgehead atoms. The molecule has 0 aliphatic carbocycles. The van der Waals surface area contributed by atoms with Crippen LogP contribution in [0.5, 0.6) is 0 Å². The first-order chi connectivity index (χ1) is 12.4. The first kappa shape index (κ1) is 26.4. The molecule has 0 fully saturated rings. The normalized spacial score (nSPS) is 10.3. The fourth-order valence-electron chi connectivity index (χ4n) is 1.61. The fourth-order valence-corrected chi connectivity index (χ4v) is 1.61. The highest BCUT2D eigenvalue weighted by Gasteiger charge is 2.26. The van der Waals surface area contributed by atoms with Crippen LogP contribution in [0, 0.1) is 0 Å². The van der Waals surface area contributed by atoms with E-state index in [1.807, 2.05) is 6.92 Å². The molecule has 26 heavy (non-hydrogen) atoms. The summed E-state index contributed by atoms with van der Waals surface area (Å²) in [5.41, 5.74) is 5.38. The number of carbonyl (C=O) groups excluding carboxylic acids is 4. The summed E-state index contributed by atoms with van der Waals surface area (Å²) < 4.78 is 25.4. The summed E-state index contributed by atoms with van der Waals surface area (Å²) in [5, 5.41) is 0. The molecule has 0 amide bonds. The minimum atomic E-state index is -0.846. The Morgan fingerprint density at radius 2 is 1.19 bits per heavy atom. The van der Waals surface area contributed by atoms with Gasteiger partial charge in [0.25, 0.3) is 0 Å². The number of rotatable bonds is 14. The van der Waals surface area contributed by atoms with Crippen molar-refractivity contribution in [2.45, 2.75) is 31.7 Å². The SMILES string of the molecule is CCCOCC(N)(COCCC(=O)OC)COCCC(=O)OC.O=C=O. The van der Waals surface area contributed by atoms with E-state index >= 15 is 0 Å². The zero-order valence-electron chi connectivity index (χ0n) is 15.6. The average Bonchev–Trinajstić information content (AvgIpc) is 2.63. The average molecular weight is 379 g/mol. The van der Waals surface area contributed by atoms with E-state index in [0.29, 0.717) is 6.61 Å². The van der Waals surface area contributed by atoms with Crippen molar-refractivity contribution >= 4 is 18.1 Å². The summed E-state index contributed by atoms with van der Waals surface area (Å²) in [7, 11) is 2.65. The molecule has 0 aliphatic rings. The summed E-state index contributed by atoms with van der Waals surface area (Å²) in [6, 6.07) is 0. The molecule has 0 radical (unpaired) electrons. The maximum Gasteiger partial charge on any atom is 0.373 e. The van der Waals surface area contributed by atoms with Crippen LogP contribution in [-0.2, 0) is 42.9 Å². The van der Waals surface area contributed by atoms with Gasteiger partial charge in [-0.3, -0.25) is 9.59 Å². The zero-order valence-corrected chi connectivity index (χ0v) is 15.6. The Morgan fingerprint density at radius 1 is 0.846 bits per heavy atom. The molecule has 0 heterocycles. The van der Waals surface area contributed by atoms with Crippen LogP contribution in [-0.4, -0.2) is 77.5 Å². The fraction of sp³-hybridized carbons (Fsp3) is 0.812. The van der Waals surface area contributed by atoms with E-state index in [0.717, 1.165) is 6.42 Å². The molecule has 10 heteroatoms. The summed E-state index contributed by atoms with van der Waals surface area (Å²) in [6.45, 7) is 3.61. The van der Waals surface area contributed by atoms with Crippen molar-refractivity contribution in [3.63, 3.8) is 0 Å². The third kappa shape index (κ3) is 17.0. The lowest BCUT2D eigenvalue weighted by Gasteiger charge is -2.28. The molecule has 0 atom stereocenters. The van der Waals surface area contributed by atoms with Crippen LogP contribution in [0.1, 0.15) is 26.2 Å². The van der Waals surface area contributed by atoms with Crippen molar-refractivity contribution in [3.05, 3.63) is 0 Å². The molecular weight excluding hydrogens is 350 g/mol. The maximum atomic E-state index is 11.0. The van der Waals surface area contributed by atoms with E-state index in [2.05, 4.69) is 9.47 Å². The number of hydrogen-bond acceptors (Lipinski definition) is 10. The molecule has 10 nitrogen and oxygen atoms in total. The molecule has 0 aromatic carbocycles. The van der Waals surface area contributed by atoms with Crippen LogP contribution in [0.15, 0.2) is 0 Å². The van der Waals surface area contributed by atoms with E-state index in [-0.39, 0.29) is 64.0 Å². The van der Waals surface area contributed by atoms with Crippen LogP contribution >= 0.6 is 0 Å². The highest BCUT2D eigenvalue weighted by Crippen LogP contribution is 2.06. The van der Waals surface area contributed by atoms with Gasteiger partial charge < -0.3 is 29.4 Å². The number of hydrogen-bond donors (Lipinski definition) is 1. The van der Waals surface area contributed by atoms with Gasteiger partial charge >= 0.3 is 18.1 Å². The van der Waals surface area contributed by atoms with Crippen LogP contribution in [0.25, 0.3) is 0 Å². The minimum absolute atomic E-state index is 0.158. The third-order valence-electron chi connectivity index (χ3n) is 2.87. The molecule has 0 spiro atoms. The van der Waals surface area contributed by atoms with E-state index in [9.17, 15) is 9.59 Å². The van der Waals surface area contributed by atoms with Gasteiger partial charge in [-0.1, -0.05) is 6.92 Å². The summed E-state index contributed by atoms with van der Waals surface area (Å²) in [6.07, 6.45) is 1.44. The topological polar surface area (TPSA) is 140 Å². The Morgan fingerprint density at radius 3 is 1.50 bits per heavy atom. The lowest BCUT2D eigenvalue weighted by molar-refractivity contribution is -0.191. The van der Waals surface area contributed by atoms with Gasteiger partial charge in [0.15, 0.2) is 0 Å². The van der Waals surface area contributed by atoms with Crippen LogP contribution in [0.2, 0.25) is 0 Å². The third-order valence-corrected chi connectivity index (χ3v) is 2.87. The van der Waals surface area contributed by atoms with Crippen molar-refractivity contribution in [3.8, 4) is 0 Å². The van der Waals surface area contributed by atoms with Gasteiger partial charge in [-0.15, -0.1) is 0 Å². The second-order valence-corrected chi connectivity index (χ2v) is 5.26. The van der Waals surface area contributed by atoms with Gasteiger partial charge in [0.2, 0.25) is 0 Å². The first-order valence-electron chi connectivity index (χ1n) is 8.04. The summed E-state index contributed by atoms with van der Waals surface area (Å²) >= 11 is 0. The molecule has 0 saturated heterocycles. The number of carbonyl (C=O) groups is 2. The number of esters is 2. The van der Waals surface area contributed by atoms with Crippen LogP contribution in [0.4, 0.5) is 0 Å². The highest BCUT2D eigenvalue weighted by molar-refractivity contribution is 5.69. The van der Waals surface area contributed by atoms with Gasteiger partial charge in [0, 0.05) is 6.61 Å². The molecule has 152 valence electrons. The Bertz CT molecular complexity index is 385. The molecule has 0 aromatic heterocycles. The second kappa shape index (κ2) is 18.0. The monoisotopic (exact) mass is 379 g/mol. The second-order valence-electron chi connectivity index (χ2n) is 5.26. The summed E-state index contributed by atoms with van der Waals surface area (Å²) in [4.78, 5) is 38.3. The zero-order chi connectivity index (χ0) is 20.3. The van der Waals surface area contributed by atoms with Gasteiger partial charge in [0.1, 0.15) is 0 Å². The summed E-state index contributed by atoms with van der Waals surface area (Å²) in [5.74, 6) is -0.687. The Labute approximate surface area is 153 Å². The standard InChI is InChI=1S/C15H29NO7.CO2/c1-4-7-21-10-15(16,11-22-8-5-13(17)19-2)12-23-9-6-14(18)20-3;2-1-3/h4-12,16H2,1-3H3;. The van der Waals surface area contributed by atoms with Crippen LogP contribution < -0.4 is 5.73 Å². The van der Waals surface area contributed by atoms with Crippen molar-refractivity contribution in [1.82, 2.24) is 0 Å². The molecule has 2 N–H and O–H groups in total. The molecule has 0 saturated carbocycles. The van der Waals surface area contributed by atoms with Crippen molar-refractivity contribution in [2.75, 3.05) is 53.9 Å². The van der Waals surface area contributed by atoms with Crippen LogP contribution in [0.3, 0.4) is 0 Å². The predicted molar refractivity (Wildman–Crippen MR) is 87.9 cm³/mol. The van der Waals surface area contributed by atoms with E-state index < -0.39 is 5.54 Å². The molecular formula is C16H29NO9. The van der Waals surface area contributed by atoms with Crippen molar-refractivity contribution < 1.29 is 42.9 Å². The molecule has 0 unspecified atom stereocenters. The molecule has 0 aromatic rings. The van der Waals surface area contributed by atoms with E-state index in [1.165, 1.54) is 14.2 Å². The number of nitrogens with two attached hydrogens (primary N) is 1. The quantitative estimate of drug-likeness (QED) is 0.315. The smallest absolute Gasteiger partial charge is 0.373 e. The Hall–Kier alpha value is -1.84. The highest BCUT2D eigenvalue weighted by atomic mass is 16.5. The Balaban J connectivity index is 0. The lowest BCUT2D eigenvalue weighted by Crippen LogP contribution is -2.53. The van der Waals surface area contributed by atoms with Gasteiger partial charge in [-0.2, -0.15) is 9.59 Å². The van der Waals surface area contributed by atoms with E-state index in [1.54, 1.807) is 0 Å². The number of ether oxygens (including phenoxy) is 5. The molecule has 0 aliphatic heterocycles. The largest absolute Gasteiger partial charge is 0.469 e. The van der Waals surface area contributed by atoms with E-state index in [4.69, 9.17) is 29.5 Å². The van der Waals surface area contributed by atoms with Gasteiger partial charge in [-0.25, -0.2) is 0 Å². The lowest BCUT2D eigenvalue weighted by atomic mass is 10.1. The van der Waals surface area contributed by atoms with Gasteiger partial charge in [0.05, 0.1) is 65.6 Å². The predicted octanol–water partition coefficient (Wildman–Crippen LogP) is -0.314. The first-order valence-corrected chi connectivity index (χ1v) is 8.04.